The molecule has 1 atom stereocenters. The lowest BCUT2D eigenvalue weighted by Crippen LogP contribution is -2.32. The summed E-state index contributed by atoms with van der Waals surface area (Å²) < 4.78 is 76.5. The van der Waals surface area contributed by atoms with Crippen molar-refractivity contribution in [2.45, 2.75) is 45.5 Å². The Morgan fingerprint density at radius 1 is 1.04 bits per heavy atom. The number of amides is 1. The van der Waals surface area contributed by atoms with E-state index in [9.17, 15) is 37.1 Å². The molecule has 0 fully saturated rings. The standard InChI is InChI=1S/C26H23F2NO4.C7H6F3NO2/c1-14-4-3-5-22-25(14)18-8-15(2)26(28)19(10-18)21(12-24(31)32)29-23(30)11-17-9-16(13-33-22)6-7-20(17)27;1-13-5-4(7(8,9)10)2-3-11-6(5)12/h3-10,21H,11-13H2,1-2H3,(H,29,30)(H,31,32);2-3H,1H3,(H,11,12). The molecule has 46 heavy (non-hydrogen) atoms. The fraction of sp³-hybridized carbons (Fsp3) is 0.242. The van der Waals surface area contributed by atoms with Crippen LogP contribution in [0.4, 0.5) is 22.0 Å². The first-order valence-corrected chi connectivity index (χ1v) is 13.8. The molecule has 1 amide bonds. The second kappa shape index (κ2) is 13.8. The molecule has 0 radical (unpaired) electrons. The minimum atomic E-state index is -4.57. The van der Waals surface area contributed by atoms with Crippen LogP contribution in [-0.2, 0) is 28.8 Å². The number of alkyl halides is 3. The summed E-state index contributed by atoms with van der Waals surface area (Å²) >= 11 is 0. The number of carboxylic acid groups (broad SMARTS) is 1. The highest BCUT2D eigenvalue weighted by molar-refractivity contribution is 5.81. The molecular formula is C33H29F5N2O6. The van der Waals surface area contributed by atoms with E-state index < -0.39 is 59.0 Å². The van der Waals surface area contributed by atoms with Gasteiger partial charge in [0.05, 0.1) is 26.0 Å². The first-order chi connectivity index (χ1) is 21.7. The van der Waals surface area contributed by atoms with Crippen LogP contribution < -0.4 is 20.3 Å². The third-order valence-corrected chi connectivity index (χ3v) is 7.18. The number of methoxy groups -OCH3 is 1. The predicted molar refractivity (Wildman–Crippen MR) is 157 cm³/mol. The summed E-state index contributed by atoms with van der Waals surface area (Å²) in [4.78, 5) is 37.2. The monoisotopic (exact) mass is 644 g/mol. The highest BCUT2D eigenvalue weighted by Gasteiger charge is 2.35. The van der Waals surface area contributed by atoms with Gasteiger partial charge in [-0.2, -0.15) is 13.2 Å². The number of halogens is 5. The fourth-order valence-electron chi connectivity index (χ4n) is 5.06. The van der Waals surface area contributed by atoms with E-state index in [1.54, 1.807) is 37.3 Å². The van der Waals surface area contributed by atoms with E-state index in [1.165, 1.54) is 6.07 Å². The molecule has 0 spiro atoms. The Hall–Kier alpha value is -5.20. The molecule has 5 rings (SSSR count). The zero-order valence-corrected chi connectivity index (χ0v) is 24.9. The van der Waals surface area contributed by atoms with Gasteiger partial charge in [0.1, 0.15) is 29.6 Å². The number of aromatic amines is 1. The van der Waals surface area contributed by atoms with Gasteiger partial charge in [-0.15, -0.1) is 0 Å². The number of hydrogen-bond acceptors (Lipinski definition) is 5. The fourth-order valence-corrected chi connectivity index (χ4v) is 5.06. The van der Waals surface area contributed by atoms with Crippen LogP contribution in [0.5, 0.6) is 11.5 Å². The highest BCUT2D eigenvalue weighted by atomic mass is 19.4. The van der Waals surface area contributed by atoms with Gasteiger partial charge in [0.25, 0.3) is 5.56 Å². The van der Waals surface area contributed by atoms with E-state index in [2.05, 4.69) is 15.0 Å². The molecule has 3 aromatic carbocycles. The van der Waals surface area contributed by atoms with Crippen molar-refractivity contribution in [3.05, 3.63) is 116 Å². The largest absolute Gasteiger partial charge is 0.491 e. The summed E-state index contributed by atoms with van der Waals surface area (Å²) in [5.74, 6) is -3.10. The summed E-state index contributed by atoms with van der Waals surface area (Å²) in [6.07, 6.45) is -4.48. The van der Waals surface area contributed by atoms with Crippen LogP contribution in [0.3, 0.4) is 0 Å². The van der Waals surface area contributed by atoms with E-state index in [1.807, 2.05) is 19.1 Å². The Bertz CT molecular complexity index is 1840. The van der Waals surface area contributed by atoms with Crippen LogP contribution in [0.1, 0.15) is 45.8 Å². The number of carbonyl (C=O) groups excluding carboxylic acids is 1. The lowest BCUT2D eigenvalue weighted by atomic mass is 9.92. The van der Waals surface area contributed by atoms with Gasteiger partial charge in [-0.3, -0.25) is 14.4 Å². The smallest absolute Gasteiger partial charge is 0.420 e. The van der Waals surface area contributed by atoms with E-state index in [-0.39, 0.29) is 24.2 Å². The molecule has 1 aromatic heterocycles. The Morgan fingerprint density at radius 3 is 2.43 bits per heavy atom. The van der Waals surface area contributed by atoms with Crippen LogP contribution in [-0.4, -0.2) is 29.1 Å². The molecule has 242 valence electrons. The minimum absolute atomic E-state index is 0.0567. The number of carbonyl (C=O) groups is 2. The number of carboxylic acids is 1. The van der Waals surface area contributed by atoms with Crippen LogP contribution in [0.2, 0.25) is 0 Å². The average molecular weight is 645 g/mol. The number of rotatable bonds is 3. The van der Waals surface area contributed by atoms with Gasteiger partial charge in [0.15, 0.2) is 5.75 Å². The third-order valence-electron chi connectivity index (χ3n) is 7.18. The number of nitrogens with one attached hydrogen (secondary N) is 2. The summed E-state index contributed by atoms with van der Waals surface area (Å²) in [5, 5.41) is 12.0. The molecular weight excluding hydrogens is 615 g/mol. The number of pyridine rings is 1. The highest BCUT2D eigenvalue weighted by Crippen LogP contribution is 2.38. The first-order valence-electron chi connectivity index (χ1n) is 13.8. The van der Waals surface area contributed by atoms with E-state index in [0.29, 0.717) is 22.4 Å². The van der Waals surface area contributed by atoms with Crippen LogP contribution in [0, 0.1) is 25.5 Å². The number of aromatic nitrogens is 1. The van der Waals surface area contributed by atoms with Gasteiger partial charge in [0.2, 0.25) is 5.91 Å². The maximum absolute atomic E-state index is 15.2. The molecule has 3 N–H and O–H groups in total. The molecule has 0 saturated carbocycles. The van der Waals surface area contributed by atoms with Gasteiger partial charge in [-0.1, -0.05) is 18.2 Å². The molecule has 0 saturated heterocycles. The zero-order chi connectivity index (χ0) is 33.8. The summed E-state index contributed by atoms with van der Waals surface area (Å²) in [6.45, 7) is 3.64. The molecule has 1 aliphatic rings. The molecule has 8 nitrogen and oxygen atoms in total. The van der Waals surface area contributed by atoms with Crippen molar-refractivity contribution in [2.75, 3.05) is 7.11 Å². The normalized spacial score (nSPS) is 14.4. The third kappa shape index (κ3) is 7.71. The molecule has 13 heteroatoms. The van der Waals surface area contributed by atoms with Crippen molar-refractivity contribution in [3.8, 4) is 22.6 Å². The molecule has 2 heterocycles. The number of hydrogen-bond donors (Lipinski definition) is 3. The quantitative estimate of drug-likeness (QED) is 0.222. The number of fused-ring (bicyclic) bond motifs is 6. The molecule has 1 unspecified atom stereocenters. The van der Waals surface area contributed by atoms with E-state index in [0.717, 1.165) is 30.5 Å². The first kappa shape index (κ1) is 33.7. The second-order valence-electron chi connectivity index (χ2n) is 10.5. The van der Waals surface area contributed by atoms with Crippen molar-refractivity contribution >= 4 is 11.9 Å². The second-order valence-corrected chi connectivity index (χ2v) is 10.5. The molecule has 4 aromatic rings. The van der Waals surface area contributed by atoms with Crippen molar-refractivity contribution in [1.29, 1.82) is 0 Å². The lowest BCUT2D eigenvalue weighted by molar-refractivity contribution is -0.139. The van der Waals surface area contributed by atoms with Crippen molar-refractivity contribution in [3.63, 3.8) is 0 Å². The Labute approximate surface area is 259 Å². The SMILES string of the molecule is COc1c(C(F)(F)F)cc[nH]c1=O.Cc1cc2cc(c1F)C(CC(=O)O)NC(=O)Cc1cc(ccc1F)COc1cccc(C)c1-2. The van der Waals surface area contributed by atoms with Gasteiger partial charge in [0, 0.05) is 17.3 Å². The van der Waals surface area contributed by atoms with Crippen molar-refractivity contribution in [1.82, 2.24) is 10.3 Å². The minimum Gasteiger partial charge on any atom is -0.491 e. The van der Waals surface area contributed by atoms with Crippen molar-refractivity contribution in [2.24, 2.45) is 0 Å². The summed E-state index contributed by atoms with van der Waals surface area (Å²) in [6, 6.07) is 12.8. The van der Waals surface area contributed by atoms with Crippen LogP contribution in [0.15, 0.2) is 65.6 Å². The average Bonchev–Trinajstić information content (AvgIpc) is 2.97. The number of benzene rings is 3. The maximum atomic E-state index is 15.2. The number of H-pyrrole nitrogens is 1. The number of aryl methyl sites for hydroxylation is 2. The van der Waals surface area contributed by atoms with Crippen LogP contribution >= 0.6 is 0 Å². The Kier molecular flexibility index (Phi) is 10.1. The Balaban J connectivity index is 0.000000310. The van der Waals surface area contributed by atoms with Gasteiger partial charge < -0.3 is 24.9 Å². The number of aliphatic carboxylic acids is 1. The van der Waals surface area contributed by atoms with Gasteiger partial charge >= 0.3 is 12.1 Å². The van der Waals surface area contributed by atoms with Crippen molar-refractivity contribution < 1.29 is 46.1 Å². The molecule has 1 aliphatic heterocycles. The zero-order valence-electron chi connectivity index (χ0n) is 24.9. The Morgan fingerprint density at radius 2 is 1.78 bits per heavy atom. The topological polar surface area (TPSA) is 118 Å². The van der Waals surface area contributed by atoms with Gasteiger partial charge in [-0.05, 0) is 78.1 Å². The lowest BCUT2D eigenvalue weighted by Gasteiger charge is -2.22. The predicted octanol–water partition coefficient (Wildman–Crippen LogP) is 6.42. The van der Waals surface area contributed by atoms with E-state index >= 15 is 4.39 Å². The number of ether oxygens (including phenoxy) is 2. The van der Waals surface area contributed by atoms with Crippen LogP contribution in [0.25, 0.3) is 11.1 Å². The molecule has 4 bridgehead atoms. The summed E-state index contributed by atoms with van der Waals surface area (Å²) in [5.41, 5.74) is 1.51. The molecule has 0 aliphatic carbocycles. The van der Waals surface area contributed by atoms with E-state index in [4.69, 9.17) is 4.74 Å². The van der Waals surface area contributed by atoms with Gasteiger partial charge in [-0.25, -0.2) is 8.78 Å². The summed E-state index contributed by atoms with van der Waals surface area (Å²) in [7, 11) is 1.01. The maximum Gasteiger partial charge on any atom is 0.420 e.